The summed E-state index contributed by atoms with van der Waals surface area (Å²) < 4.78 is 10.9. The number of rotatable bonds is 6. The zero-order valence-corrected chi connectivity index (χ0v) is 11.4. The van der Waals surface area contributed by atoms with Gasteiger partial charge in [0.2, 0.25) is 0 Å². The molecule has 0 bridgehead atoms. The van der Waals surface area contributed by atoms with Gasteiger partial charge in [0.1, 0.15) is 11.5 Å². The average molecular weight is 260 g/mol. The number of ether oxygens (including phenoxy) is 1. The highest BCUT2D eigenvalue weighted by Gasteiger charge is 2.13. The van der Waals surface area contributed by atoms with Crippen LogP contribution in [-0.4, -0.2) is 13.2 Å². The molecule has 2 N–H and O–H groups in total. The van der Waals surface area contributed by atoms with Crippen molar-refractivity contribution in [3.8, 4) is 5.75 Å². The lowest BCUT2D eigenvalue weighted by Gasteiger charge is -2.24. The van der Waals surface area contributed by atoms with E-state index in [1.54, 1.807) is 6.26 Å². The molecule has 0 atom stereocenters. The lowest BCUT2D eigenvalue weighted by atomic mass is 10.2. The Morgan fingerprint density at radius 3 is 2.68 bits per heavy atom. The Hall–Kier alpha value is -2.10. The van der Waals surface area contributed by atoms with Crippen LogP contribution in [0.2, 0.25) is 0 Å². The molecule has 0 aliphatic carbocycles. The van der Waals surface area contributed by atoms with E-state index in [2.05, 4.69) is 11.8 Å². The number of furan rings is 1. The van der Waals surface area contributed by atoms with Crippen molar-refractivity contribution in [3.63, 3.8) is 0 Å². The van der Waals surface area contributed by atoms with Crippen molar-refractivity contribution < 1.29 is 9.15 Å². The van der Waals surface area contributed by atoms with Crippen molar-refractivity contribution in [3.05, 3.63) is 42.4 Å². The molecule has 19 heavy (non-hydrogen) atoms. The zero-order chi connectivity index (χ0) is 13.7. The Balaban J connectivity index is 2.25. The molecule has 0 radical (unpaired) electrons. The van der Waals surface area contributed by atoms with Gasteiger partial charge in [-0.15, -0.1) is 0 Å². The second-order valence-electron chi connectivity index (χ2n) is 4.22. The highest BCUT2D eigenvalue weighted by atomic mass is 16.5. The normalized spacial score (nSPS) is 10.4. The van der Waals surface area contributed by atoms with Gasteiger partial charge in [0.25, 0.3) is 0 Å². The second-order valence-corrected chi connectivity index (χ2v) is 4.22. The highest BCUT2D eigenvalue weighted by Crippen LogP contribution is 2.33. The first-order chi connectivity index (χ1) is 9.26. The van der Waals surface area contributed by atoms with Crippen molar-refractivity contribution in [2.45, 2.75) is 20.4 Å². The van der Waals surface area contributed by atoms with Gasteiger partial charge in [0.15, 0.2) is 0 Å². The molecule has 4 nitrogen and oxygen atoms in total. The van der Waals surface area contributed by atoms with E-state index in [0.717, 1.165) is 23.7 Å². The molecule has 1 aromatic carbocycles. The summed E-state index contributed by atoms with van der Waals surface area (Å²) in [6.07, 6.45) is 1.68. The van der Waals surface area contributed by atoms with Crippen molar-refractivity contribution in [1.29, 1.82) is 0 Å². The molecule has 0 fully saturated rings. The molecule has 2 rings (SSSR count). The fraction of sp³-hybridized carbons (Fsp3) is 0.333. The summed E-state index contributed by atoms with van der Waals surface area (Å²) in [4.78, 5) is 2.16. The molecule has 102 valence electrons. The topological polar surface area (TPSA) is 51.6 Å². The minimum atomic E-state index is 0.609. The fourth-order valence-electron chi connectivity index (χ4n) is 2.05. The molecule has 1 aromatic heterocycles. The van der Waals surface area contributed by atoms with Crippen molar-refractivity contribution in [2.24, 2.45) is 0 Å². The molecule has 0 spiro atoms. The van der Waals surface area contributed by atoms with E-state index in [1.165, 1.54) is 0 Å². The Bertz CT molecular complexity index is 509. The Kier molecular flexibility index (Phi) is 4.34. The number of benzene rings is 1. The number of hydrogen-bond donors (Lipinski definition) is 1. The van der Waals surface area contributed by atoms with Crippen LogP contribution in [0.5, 0.6) is 5.75 Å². The molecular formula is C15H20N2O2. The van der Waals surface area contributed by atoms with Crippen molar-refractivity contribution in [1.82, 2.24) is 0 Å². The van der Waals surface area contributed by atoms with Crippen LogP contribution in [0.1, 0.15) is 19.6 Å². The number of nitrogens with zero attached hydrogens (tertiary/aromatic N) is 1. The number of hydrogen-bond acceptors (Lipinski definition) is 4. The highest BCUT2D eigenvalue weighted by molar-refractivity contribution is 5.74. The van der Waals surface area contributed by atoms with Gasteiger partial charge in [-0.25, -0.2) is 0 Å². The Morgan fingerprint density at radius 2 is 2.05 bits per heavy atom. The zero-order valence-electron chi connectivity index (χ0n) is 11.4. The Labute approximate surface area is 113 Å². The molecule has 4 heteroatoms. The van der Waals surface area contributed by atoms with Crippen LogP contribution in [0, 0.1) is 0 Å². The lowest BCUT2D eigenvalue weighted by Crippen LogP contribution is -2.23. The predicted octanol–water partition coefficient (Wildman–Crippen LogP) is 3.29. The van der Waals surface area contributed by atoms with Gasteiger partial charge in [-0.2, -0.15) is 0 Å². The van der Waals surface area contributed by atoms with E-state index in [9.17, 15) is 0 Å². The summed E-state index contributed by atoms with van der Waals surface area (Å²) in [7, 11) is 0. The maximum Gasteiger partial charge on any atom is 0.144 e. The average Bonchev–Trinajstić information content (AvgIpc) is 2.92. The molecule has 0 saturated carbocycles. The molecule has 1 heterocycles. The quantitative estimate of drug-likeness (QED) is 0.810. The third kappa shape index (κ3) is 3.02. The fourth-order valence-corrected chi connectivity index (χ4v) is 2.05. The smallest absolute Gasteiger partial charge is 0.144 e. The number of nitrogens with two attached hydrogens (primary N) is 1. The summed E-state index contributed by atoms with van der Waals surface area (Å²) in [6, 6.07) is 9.71. The first-order valence-corrected chi connectivity index (χ1v) is 6.54. The predicted molar refractivity (Wildman–Crippen MR) is 77.5 cm³/mol. The largest absolute Gasteiger partial charge is 0.492 e. The first-order valence-electron chi connectivity index (χ1n) is 6.54. The number of anilines is 2. The summed E-state index contributed by atoms with van der Waals surface area (Å²) >= 11 is 0. The van der Waals surface area contributed by atoms with Gasteiger partial charge >= 0.3 is 0 Å². The second kappa shape index (κ2) is 6.18. The lowest BCUT2D eigenvalue weighted by molar-refractivity contribution is 0.342. The van der Waals surface area contributed by atoms with E-state index < -0.39 is 0 Å². The first kappa shape index (κ1) is 13.3. The van der Waals surface area contributed by atoms with Gasteiger partial charge in [-0.3, -0.25) is 0 Å². The summed E-state index contributed by atoms with van der Waals surface area (Å²) in [6.45, 7) is 6.20. The molecule has 0 saturated heterocycles. The van der Waals surface area contributed by atoms with Gasteiger partial charge in [-0.05, 0) is 38.1 Å². The van der Waals surface area contributed by atoms with Crippen LogP contribution in [0.25, 0.3) is 0 Å². The third-order valence-corrected chi connectivity index (χ3v) is 2.99. The standard InChI is InChI=1S/C15H20N2O2/c1-3-17(11-12-7-6-10-19-12)13-8-5-9-14(15(13)16)18-4-2/h5-10H,3-4,11,16H2,1-2H3. The van der Waals surface area contributed by atoms with Crippen LogP contribution >= 0.6 is 0 Å². The molecule has 0 amide bonds. The summed E-state index contributed by atoms with van der Waals surface area (Å²) in [5.41, 5.74) is 7.83. The molecule has 0 unspecified atom stereocenters. The molecule has 0 aliphatic rings. The van der Waals surface area contributed by atoms with Gasteiger partial charge < -0.3 is 19.8 Å². The van der Waals surface area contributed by atoms with Gasteiger partial charge in [-0.1, -0.05) is 6.07 Å². The van der Waals surface area contributed by atoms with E-state index in [0.29, 0.717) is 18.8 Å². The summed E-state index contributed by atoms with van der Waals surface area (Å²) in [5, 5.41) is 0. The Morgan fingerprint density at radius 1 is 1.21 bits per heavy atom. The molecule has 2 aromatic rings. The minimum absolute atomic E-state index is 0.609. The van der Waals surface area contributed by atoms with Gasteiger partial charge in [0.05, 0.1) is 30.8 Å². The van der Waals surface area contributed by atoms with Crippen molar-refractivity contribution in [2.75, 3.05) is 23.8 Å². The summed E-state index contributed by atoms with van der Waals surface area (Å²) in [5.74, 6) is 1.65. The van der Waals surface area contributed by atoms with E-state index in [-0.39, 0.29) is 0 Å². The maximum atomic E-state index is 6.18. The van der Waals surface area contributed by atoms with Crippen LogP contribution in [0.15, 0.2) is 41.0 Å². The molecular weight excluding hydrogens is 240 g/mol. The van der Waals surface area contributed by atoms with E-state index >= 15 is 0 Å². The van der Waals surface area contributed by atoms with Gasteiger partial charge in [0, 0.05) is 6.54 Å². The SMILES string of the molecule is CCOc1cccc(N(CC)Cc2ccco2)c1N. The number of para-hydroxylation sites is 1. The monoisotopic (exact) mass is 260 g/mol. The third-order valence-electron chi connectivity index (χ3n) is 2.99. The van der Waals surface area contributed by atoms with E-state index in [4.69, 9.17) is 14.9 Å². The van der Waals surface area contributed by atoms with Crippen molar-refractivity contribution >= 4 is 11.4 Å². The van der Waals surface area contributed by atoms with E-state index in [1.807, 2.05) is 37.3 Å². The minimum Gasteiger partial charge on any atom is -0.492 e. The van der Waals surface area contributed by atoms with Crippen LogP contribution in [0.3, 0.4) is 0 Å². The molecule has 0 aliphatic heterocycles. The van der Waals surface area contributed by atoms with Crippen LogP contribution < -0.4 is 15.4 Å². The van der Waals surface area contributed by atoms with Crippen LogP contribution in [0.4, 0.5) is 11.4 Å². The maximum absolute atomic E-state index is 6.18. The number of nitrogen functional groups attached to an aromatic ring is 1. The van der Waals surface area contributed by atoms with Crippen LogP contribution in [-0.2, 0) is 6.54 Å².